The summed E-state index contributed by atoms with van der Waals surface area (Å²) in [6.07, 6.45) is 6.08. The lowest BCUT2D eigenvalue weighted by molar-refractivity contribution is 0.0372. The van der Waals surface area contributed by atoms with Crippen LogP contribution in [0.25, 0.3) is 21.8 Å². The number of amides is 2. The number of aromatic nitrogens is 1. The van der Waals surface area contributed by atoms with Crippen LogP contribution in [0, 0.1) is 0 Å². The Labute approximate surface area is 180 Å². The molecule has 1 aliphatic carbocycles. The molecule has 2 N–H and O–H groups in total. The van der Waals surface area contributed by atoms with Gasteiger partial charge in [0.2, 0.25) is 0 Å². The monoisotopic (exact) mass is 417 g/mol. The Kier molecular flexibility index (Phi) is 4.58. The molecule has 0 bridgehead atoms. The van der Waals surface area contributed by atoms with Crippen LogP contribution in [0.5, 0.6) is 0 Å². The molecule has 0 atom stereocenters. The predicted octanol–water partition coefficient (Wildman–Crippen LogP) is 3.35. The number of ether oxygens (including phenoxy) is 1. The van der Waals surface area contributed by atoms with Gasteiger partial charge in [-0.2, -0.15) is 0 Å². The van der Waals surface area contributed by atoms with Crippen molar-refractivity contribution in [2.75, 3.05) is 32.8 Å². The zero-order valence-electron chi connectivity index (χ0n) is 17.7. The maximum atomic E-state index is 12.8. The third-order valence-corrected chi connectivity index (χ3v) is 7.19. The zero-order chi connectivity index (χ0) is 20.9. The molecule has 0 saturated carbocycles. The van der Waals surface area contributed by atoms with Crippen molar-refractivity contribution in [2.45, 2.75) is 38.5 Å². The highest BCUT2D eigenvalue weighted by atomic mass is 16.5. The molecule has 6 heteroatoms. The number of carbonyl (C=O) groups excluding carboxylic acids is 2. The van der Waals surface area contributed by atoms with Crippen molar-refractivity contribution in [3.05, 3.63) is 46.0 Å². The zero-order valence-corrected chi connectivity index (χ0v) is 17.7. The van der Waals surface area contributed by atoms with E-state index in [4.69, 9.17) is 4.74 Å². The maximum absolute atomic E-state index is 12.8. The number of aryl methyl sites for hydroxylation is 2. The van der Waals surface area contributed by atoms with Crippen LogP contribution in [-0.4, -0.2) is 54.5 Å². The highest BCUT2D eigenvalue weighted by Crippen LogP contribution is 2.42. The molecule has 1 aromatic heterocycles. The smallest absolute Gasteiger partial charge is 0.259 e. The summed E-state index contributed by atoms with van der Waals surface area (Å²) in [5, 5.41) is 4.64. The normalized spacial score (nSPS) is 18.7. The molecule has 0 unspecified atom stereocenters. The van der Waals surface area contributed by atoms with Gasteiger partial charge < -0.3 is 9.72 Å². The van der Waals surface area contributed by atoms with Crippen LogP contribution in [0.15, 0.2) is 18.2 Å². The van der Waals surface area contributed by atoms with E-state index in [-0.39, 0.29) is 11.8 Å². The molecule has 2 amide bonds. The lowest BCUT2D eigenvalue weighted by atomic mass is 9.92. The number of nitrogens with one attached hydrogen (secondary N) is 2. The van der Waals surface area contributed by atoms with E-state index in [9.17, 15) is 9.59 Å². The lowest BCUT2D eigenvalue weighted by Gasteiger charge is -2.26. The van der Waals surface area contributed by atoms with Crippen molar-refractivity contribution in [3.8, 4) is 0 Å². The second-order valence-electron chi connectivity index (χ2n) is 8.97. The van der Waals surface area contributed by atoms with Gasteiger partial charge in [0.15, 0.2) is 0 Å². The average Bonchev–Trinajstić information content (AvgIpc) is 3.47. The fourth-order valence-electron chi connectivity index (χ4n) is 5.76. The van der Waals surface area contributed by atoms with Crippen molar-refractivity contribution in [1.29, 1.82) is 0 Å². The van der Waals surface area contributed by atoms with Gasteiger partial charge in [-0.1, -0.05) is 12.1 Å². The molecule has 31 heavy (non-hydrogen) atoms. The summed E-state index contributed by atoms with van der Waals surface area (Å²) in [5.41, 5.74) is 6.92. The lowest BCUT2D eigenvalue weighted by Crippen LogP contribution is -2.36. The standard InChI is InChI=1S/C25H27N3O3/c29-24-20-16-7-4-8-17(16)23-21(22(20)25(30)27-24)19-15(6-3-9-18(19)26-23)5-1-2-10-28-11-13-31-14-12-28/h3,6,9,26H,1-2,4-5,7-8,10-14H2,(H,27,29,30). The van der Waals surface area contributed by atoms with Gasteiger partial charge in [-0.15, -0.1) is 0 Å². The predicted molar refractivity (Wildman–Crippen MR) is 120 cm³/mol. The summed E-state index contributed by atoms with van der Waals surface area (Å²) in [5.74, 6) is -0.472. The summed E-state index contributed by atoms with van der Waals surface area (Å²) in [6, 6.07) is 6.37. The average molecular weight is 418 g/mol. The SMILES string of the molecule is O=C1NC(=O)c2c1c1c(c3[nH]c4cccc(CCCCN5CCOCC5)c4c23)CCC1. The topological polar surface area (TPSA) is 74.4 Å². The van der Waals surface area contributed by atoms with Gasteiger partial charge in [0.05, 0.1) is 29.9 Å². The van der Waals surface area contributed by atoms with Crippen LogP contribution >= 0.6 is 0 Å². The Bertz CT molecular complexity index is 1220. The Morgan fingerprint density at radius 1 is 0.935 bits per heavy atom. The van der Waals surface area contributed by atoms with E-state index in [1.54, 1.807) is 0 Å². The number of carbonyl (C=O) groups is 2. The molecule has 1 saturated heterocycles. The third kappa shape index (κ3) is 3.00. The first kappa shape index (κ1) is 19.0. The number of fused-ring (bicyclic) bond motifs is 8. The van der Waals surface area contributed by atoms with Gasteiger partial charge in [0, 0.05) is 29.4 Å². The van der Waals surface area contributed by atoms with Crippen LogP contribution in [0.2, 0.25) is 0 Å². The minimum atomic E-state index is -0.247. The van der Waals surface area contributed by atoms with Crippen LogP contribution in [0.4, 0.5) is 0 Å². The maximum Gasteiger partial charge on any atom is 0.259 e. The fourth-order valence-corrected chi connectivity index (χ4v) is 5.76. The Balaban J connectivity index is 1.40. The molecule has 3 aromatic rings. The third-order valence-electron chi connectivity index (χ3n) is 7.19. The van der Waals surface area contributed by atoms with Gasteiger partial charge in [0.25, 0.3) is 11.8 Å². The van der Waals surface area contributed by atoms with E-state index in [0.29, 0.717) is 11.1 Å². The number of imide groups is 1. The molecular weight excluding hydrogens is 390 g/mol. The number of nitrogens with zero attached hydrogens (tertiary/aromatic N) is 1. The summed E-state index contributed by atoms with van der Waals surface area (Å²) < 4.78 is 5.44. The van der Waals surface area contributed by atoms with Crippen LogP contribution in [0.1, 0.15) is 56.7 Å². The number of morpholine rings is 1. The van der Waals surface area contributed by atoms with E-state index < -0.39 is 0 Å². The molecule has 3 aliphatic rings. The van der Waals surface area contributed by atoms with E-state index in [1.165, 1.54) is 11.1 Å². The first-order valence-corrected chi connectivity index (χ1v) is 11.5. The number of hydrogen-bond acceptors (Lipinski definition) is 4. The molecule has 160 valence electrons. The minimum absolute atomic E-state index is 0.225. The fraction of sp³-hybridized carbons (Fsp3) is 0.440. The van der Waals surface area contributed by atoms with E-state index in [2.05, 4.69) is 33.4 Å². The molecule has 0 radical (unpaired) electrons. The second-order valence-corrected chi connectivity index (χ2v) is 8.97. The number of H-pyrrole nitrogens is 1. The molecule has 6 nitrogen and oxygen atoms in total. The van der Waals surface area contributed by atoms with Gasteiger partial charge in [-0.05, 0) is 67.8 Å². The second kappa shape index (κ2) is 7.46. The number of hydrogen-bond donors (Lipinski definition) is 2. The first-order chi connectivity index (χ1) is 15.2. The van der Waals surface area contributed by atoms with E-state index >= 15 is 0 Å². The number of benzene rings is 2. The number of aromatic amines is 1. The minimum Gasteiger partial charge on any atom is -0.379 e. The Hall–Kier alpha value is -2.70. The van der Waals surface area contributed by atoms with Crippen LogP contribution in [0.3, 0.4) is 0 Å². The van der Waals surface area contributed by atoms with Crippen LogP contribution < -0.4 is 5.32 Å². The van der Waals surface area contributed by atoms with Crippen LogP contribution in [-0.2, 0) is 24.0 Å². The van der Waals surface area contributed by atoms with Crippen molar-refractivity contribution < 1.29 is 14.3 Å². The van der Waals surface area contributed by atoms with Crippen molar-refractivity contribution in [3.63, 3.8) is 0 Å². The molecule has 2 aromatic carbocycles. The van der Waals surface area contributed by atoms with Crippen molar-refractivity contribution in [2.24, 2.45) is 0 Å². The van der Waals surface area contributed by atoms with Crippen molar-refractivity contribution >= 4 is 33.6 Å². The summed E-state index contributed by atoms with van der Waals surface area (Å²) in [6.45, 7) is 4.83. The molecule has 1 fully saturated rings. The summed E-state index contributed by atoms with van der Waals surface area (Å²) in [7, 11) is 0. The van der Waals surface area contributed by atoms with E-state index in [0.717, 1.165) is 98.7 Å². The Morgan fingerprint density at radius 3 is 2.61 bits per heavy atom. The van der Waals surface area contributed by atoms with Crippen molar-refractivity contribution in [1.82, 2.24) is 15.2 Å². The number of rotatable bonds is 5. The molecule has 3 heterocycles. The molecule has 2 aliphatic heterocycles. The highest BCUT2D eigenvalue weighted by Gasteiger charge is 2.36. The van der Waals surface area contributed by atoms with Gasteiger partial charge in [0.1, 0.15) is 0 Å². The van der Waals surface area contributed by atoms with Gasteiger partial charge in [-0.3, -0.25) is 19.8 Å². The molecule has 0 spiro atoms. The van der Waals surface area contributed by atoms with E-state index in [1.807, 2.05) is 0 Å². The largest absolute Gasteiger partial charge is 0.379 e. The number of unbranched alkanes of at least 4 members (excludes halogenated alkanes) is 1. The summed E-state index contributed by atoms with van der Waals surface area (Å²) >= 11 is 0. The molecular formula is C25H27N3O3. The molecule has 6 rings (SSSR count). The highest BCUT2D eigenvalue weighted by molar-refractivity contribution is 6.31. The first-order valence-electron chi connectivity index (χ1n) is 11.5. The van der Waals surface area contributed by atoms with Gasteiger partial charge in [-0.25, -0.2) is 0 Å². The quantitative estimate of drug-likeness (QED) is 0.493. The van der Waals surface area contributed by atoms with Gasteiger partial charge >= 0.3 is 0 Å². The summed E-state index contributed by atoms with van der Waals surface area (Å²) in [4.78, 5) is 31.5. The Morgan fingerprint density at radius 2 is 1.74 bits per heavy atom.